The Morgan fingerprint density at radius 1 is 1.12 bits per heavy atom. The fraction of sp³-hybridized carbons (Fsp3) is 0.917. The molecule has 0 aromatic rings. The van der Waals surface area contributed by atoms with Gasteiger partial charge in [-0.15, -0.1) is 0 Å². The van der Waals surface area contributed by atoms with E-state index in [1.807, 2.05) is 27.7 Å². The lowest BCUT2D eigenvalue weighted by Crippen LogP contribution is -2.19. The first-order chi connectivity index (χ1) is 7.61. The minimum atomic E-state index is -0.173. The fourth-order valence-corrected chi connectivity index (χ4v) is 1.18. The minimum Gasteiger partial charge on any atom is -0.465 e. The van der Waals surface area contributed by atoms with E-state index in [-0.39, 0.29) is 18.2 Å². The molecule has 0 radical (unpaired) electrons. The summed E-state index contributed by atoms with van der Waals surface area (Å²) < 4.78 is 15.8. The van der Waals surface area contributed by atoms with Crippen LogP contribution in [0.2, 0.25) is 0 Å². The maximum absolute atomic E-state index is 11.2. The van der Waals surface area contributed by atoms with Gasteiger partial charge >= 0.3 is 5.97 Å². The molecule has 0 fully saturated rings. The Kier molecular flexibility index (Phi) is 9.24. The summed E-state index contributed by atoms with van der Waals surface area (Å²) in [5.41, 5.74) is 0. The number of ether oxygens (including phenoxy) is 3. The van der Waals surface area contributed by atoms with Gasteiger partial charge < -0.3 is 14.2 Å². The van der Waals surface area contributed by atoms with E-state index in [0.717, 1.165) is 12.8 Å². The van der Waals surface area contributed by atoms with Crippen LogP contribution in [0.15, 0.2) is 0 Å². The van der Waals surface area contributed by atoms with Gasteiger partial charge in [-0.25, -0.2) is 0 Å². The van der Waals surface area contributed by atoms with Gasteiger partial charge in [0.15, 0.2) is 6.29 Å². The van der Waals surface area contributed by atoms with Crippen molar-refractivity contribution in [2.45, 2.75) is 46.8 Å². The highest BCUT2D eigenvalue weighted by atomic mass is 16.7. The van der Waals surface area contributed by atoms with Crippen LogP contribution >= 0.6 is 0 Å². The summed E-state index contributed by atoms with van der Waals surface area (Å²) in [5, 5.41) is 0. The second-order valence-electron chi connectivity index (χ2n) is 3.80. The zero-order chi connectivity index (χ0) is 12.4. The Balaban J connectivity index is 3.57. The lowest BCUT2D eigenvalue weighted by molar-refractivity contribution is -0.152. The molecule has 0 N–H and O–H groups in total. The van der Waals surface area contributed by atoms with Crippen molar-refractivity contribution in [2.24, 2.45) is 5.92 Å². The minimum absolute atomic E-state index is 0.0606. The second-order valence-corrected chi connectivity index (χ2v) is 3.80. The number of carbonyl (C=O) groups excluding carboxylic acids is 1. The number of rotatable bonds is 9. The Hall–Kier alpha value is -0.610. The highest BCUT2D eigenvalue weighted by Crippen LogP contribution is 2.05. The monoisotopic (exact) mass is 232 g/mol. The van der Waals surface area contributed by atoms with Gasteiger partial charge in [0.2, 0.25) is 0 Å². The molecule has 4 heteroatoms. The molecular formula is C12H24O4. The average Bonchev–Trinajstić information content (AvgIpc) is 2.24. The van der Waals surface area contributed by atoms with Gasteiger partial charge in [0.1, 0.15) is 0 Å². The van der Waals surface area contributed by atoms with Gasteiger partial charge in [0.05, 0.1) is 12.5 Å². The van der Waals surface area contributed by atoms with Crippen molar-refractivity contribution in [3.05, 3.63) is 0 Å². The number of esters is 1. The highest BCUT2D eigenvalue weighted by molar-refractivity contribution is 5.71. The third-order valence-corrected chi connectivity index (χ3v) is 2.01. The molecule has 0 spiro atoms. The largest absolute Gasteiger partial charge is 0.465 e. The van der Waals surface area contributed by atoms with E-state index in [9.17, 15) is 4.79 Å². The van der Waals surface area contributed by atoms with Crippen molar-refractivity contribution in [2.75, 3.05) is 19.8 Å². The van der Waals surface area contributed by atoms with Crippen LogP contribution in [0.4, 0.5) is 0 Å². The molecular weight excluding hydrogens is 208 g/mol. The van der Waals surface area contributed by atoms with Crippen molar-refractivity contribution >= 4 is 5.97 Å². The molecule has 0 atom stereocenters. The van der Waals surface area contributed by atoms with E-state index >= 15 is 0 Å². The number of hydrogen-bond acceptors (Lipinski definition) is 4. The predicted octanol–water partition coefficient (Wildman–Crippen LogP) is 2.36. The average molecular weight is 232 g/mol. The zero-order valence-electron chi connectivity index (χ0n) is 10.8. The van der Waals surface area contributed by atoms with Crippen molar-refractivity contribution in [3.8, 4) is 0 Å². The van der Waals surface area contributed by atoms with Gasteiger partial charge in [-0.05, 0) is 20.3 Å². The second kappa shape index (κ2) is 9.60. The molecule has 4 nitrogen and oxygen atoms in total. The molecule has 0 saturated carbocycles. The van der Waals surface area contributed by atoms with E-state index in [4.69, 9.17) is 14.2 Å². The van der Waals surface area contributed by atoms with E-state index in [1.54, 1.807) is 0 Å². The highest BCUT2D eigenvalue weighted by Gasteiger charge is 2.10. The molecule has 16 heavy (non-hydrogen) atoms. The molecule has 0 aliphatic rings. The summed E-state index contributed by atoms with van der Waals surface area (Å²) >= 11 is 0. The summed E-state index contributed by atoms with van der Waals surface area (Å²) in [6.07, 6.45) is 1.35. The van der Waals surface area contributed by atoms with Crippen LogP contribution in [0.3, 0.4) is 0 Å². The van der Waals surface area contributed by atoms with Gasteiger partial charge in [-0.2, -0.15) is 0 Å². The van der Waals surface area contributed by atoms with Crippen LogP contribution in [0.25, 0.3) is 0 Å². The third-order valence-electron chi connectivity index (χ3n) is 2.01. The van der Waals surface area contributed by atoms with Crippen LogP contribution in [0.5, 0.6) is 0 Å². The van der Waals surface area contributed by atoms with Crippen molar-refractivity contribution in [1.29, 1.82) is 0 Å². The van der Waals surface area contributed by atoms with Crippen LogP contribution in [-0.4, -0.2) is 32.1 Å². The smallest absolute Gasteiger partial charge is 0.308 e. The molecule has 0 aliphatic carbocycles. The first-order valence-corrected chi connectivity index (χ1v) is 6.01. The number of carbonyl (C=O) groups is 1. The first-order valence-electron chi connectivity index (χ1n) is 6.01. The van der Waals surface area contributed by atoms with E-state index in [0.29, 0.717) is 19.8 Å². The molecule has 0 rings (SSSR count). The Labute approximate surface area is 98.3 Å². The number of hydrogen-bond donors (Lipinski definition) is 0. The van der Waals surface area contributed by atoms with Gasteiger partial charge in [-0.3, -0.25) is 4.79 Å². The molecule has 96 valence electrons. The molecule has 0 aromatic heterocycles. The molecule has 0 bridgehead atoms. The topological polar surface area (TPSA) is 44.8 Å². The van der Waals surface area contributed by atoms with Crippen LogP contribution < -0.4 is 0 Å². The molecule has 0 unspecified atom stereocenters. The standard InChI is InChI=1S/C12H24O4/c1-5-14-11(15-6-2)8-7-9-16-12(13)10(3)4/h10-11H,5-9H2,1-4H3. The van der Waals surface area contributed by atoms with Gasteiger partial charge in [0, 0.05) is 19.6 Å². The summed E-state index contributed by atoms with van der Waals surface area (Å²) in [5.74, 6) is -0.209. The molecule has 0 aliphatic heterocycles. The summed E-state index contributed by atoms with van der Waals surface area (Å²) in [4.78, 5) is 11.2. The summed E-state index contributed by atoms with van der Waals surface area (Å²) in [6.45, 7) is 9.23. The normalized spacial score (nSPS) is 11.1. The SMILES string of the molecule is CCOC(CCCOC(=O)C(C)C)OCC. The fourth-order valence-electron chi connectivity index (χ4n) is 1.18. The van der Waals surface area contributed by atoms with E-state index < -0.39 is 0 Å². The molecule has 0 heterocycles. The Bertz CT molecular complexity index is 174. The van der Waals surface area contributed by atoms with E-state index in [2.05, 4.69) is 0 Å². The van der Waals surface area contributed by atoms with Crippen molar-refractivity contribution in [1.82, 2.24) is 0 Å². The van der Waals surface area contributed by atoms with Crippen LogP contribution in [0, 0.1) is 5.92 Å². The lowest BCUT2D eigenvalue weighted by atomic mass is 10.2. The lowest BCUT2D eigenvalue weighted by Gasteiger charge is -2.16. The zero-order valence-corrected chi connectivity index (χ0v) is 10.8. The van der Waals surface area contributed by atoms with Crippen LogP contribution in [0.1, 0.15) is 40.5 Å². The summed E-state index contributed by atoms with van der Waals surface area (Å²) in [7, 11) is 0. The predicted molar refractivity (Wildman–Crippen MR) is 62.1 cm³/mol. The quantitative estimate of drug-likeness (QED) is 0.348. The maximum Gasteiger partial charge on any atom is 0.308 e. The van der Waals surface area contributed by atoms with Crippen molar-refractivity contribution in [3.63, 3.8) is 0 Å². The molecule has 0 aromatic carbocycles. The Morgan fingerprint density at radius 3 is 2.12 bits per heavy atom. The first kappa shape index (κ1) is 15.4. The summed E-state index contributed by atoms with van der Waals surface area (Å²) in [6, 6.07) is 0. The maximum atomic E-state index is 11.2. The van der Waals surface area contributed by atoms with E-state index in [1.165, 1.54) is 0 Å². The Morgan fingerprint density at radius 2 is 1.69 bits per heavy atom. The van der Waals surface area contributed by atoms with Crippen molar-refractivity contribution < 1.29 is 19.0 Å². The molecule has 0 amide bonds. The van der Waals surface area contributed by atoms with Gasteiger partial charge in [-0.1, -0.05) is 13.8 Å². The third kappa shape index (κ3) is 7.65. The van der Waals surface area contributed by atoms with Gasteiger partial charge in [0.25, 0.3) is 0 Å². The molecule has 0 saturated heterocycles. The van der Waals surface area contributed by atoms with Crippen LogP contribution in [-0.2, 0) is 19.0 Å².